The Morgan fingerprint density at radius 2 is 2.31 bits per heavy atom. The standard InChI is InChI=1S/C11H15BrN2O2/c1-3-16-11(15)7(2)14-10-6-8(12)4-5-9(10)13/h4-7,14H,3,13H2,1-2H3. The van der Waals surface area contributed by atoms with Crippen LogP contribution in [-0.4, -0.2) is 18.6 Å². The third-order valence-corrected chi connectivity index (χ3v) is 2.52. The number of carbonyl (C=O) groups excluding carboxylic acids is 1. The molecule has 5 heteroatoms. The van der Waals surface area contributed by atoms with Crippen molar-refractivity contribution >= 4 is 33.3 Å². The lowest BCUT2D eigenvalue weighted by molar-refractivity contribution is -0.143. The van der Waals surface area contributed by atoms with Crippen molar-refractivity contribution in [2.45, 2.75) is 19.9 Å². The predicted octanol–water partition coefficient (Wildman–Crippen LogP) is 2.39. The summed E-state index contributed by atoms with van der Waals surface area (Å²) in [7, 11) is 0. The van der Waals surface area contributed by atoms with Crippen LogP contribution in [0.25, 0.3) is 0 Å². The fourth-order valence-corrected chi connectivity index (χ4v) is 1.57. The zero-order chi connectivity index (χ0) is 12.1. The van der Waals surface area contributed by atoms with Gasteiger partial charge >= 0.3 is 5.97 Å². The monoisotopic (exact) mass is 286 g/mol. The number of hydrogen-bond donors (Lipinski definition) is 2. The molecule has 0 bridgehead atoms. The van der Waals surface area contributed by atoms with E-state index in [2.05, 4.69) is 21.2 Å². The average Bonchev–Trinajstić information content (AvgIpc) is 2.23. The van der Waals surface area contributed by atoms with Crippen LogP contribution < -0.4 is 11.1 Å². The molecule has 0 aromatic heterocycles. The lowest BCUT2D eigenvalue weighted by Gasteiger charge is -2.15. The fraction of sp³-hybridized carbons (Fsp3) is 0.364. The molecule has 16 heavy (non-hydrogen) atoms. The maximum absolute atomic E-state index is 11.4. The van der Waals surface area contributed by atoms with E-state index in [1.165, 1.54) is 0 Å². The number of halogens is 1. The molecule has 3 N–H and O–H groups in total. The van der Waals surface area contributed by atoms with Crippen molar-refractivity contribution in [1.29, 1.82) is 0 Å². The third kappa shape index (κ3) is 3.41. The van der Waals surface area contributed by atoms with E-state index < -0.39 is 6.04 Å². The number of nitrogens with two attached hydrogens (primary N) is 1. The summed E-state index contributed by atoms with van der Waals surface area (Å²) in [6, 6.07) is 5.02. The van der Waals surface area contributed by atoms with Crippen molar-refractivity contribution in [1.82, 2.24) is 0 Å². The fourth-order valence-electron chi connectivity index (χ4n) is 1.21. The molecule has 0 spiro atoms. The van der Waals surface area contributed by atoms with E-state index in [0.29, 0.717) is 12.3 Å². The first kappa shape index (κ1) is 12.8. The molecule has 1 atom stereocenters. The van der Waals surface area contributed by atoms with E-state index in [4.69, 9.17) is 10.5 Å². The van der Waals surface area contributed by atoms with Crippen LogP contribution in [0.2, 0.25) is 0 Å². The molecule has 1 aromatic rings. The summed E-state index contributed by atoms with van der Waals surface area (Å²) in [5.74, 6) is -0.290. The molecule has 0 fully saturated rings. The van der Waals surface area contributed by atoms with Gasteiger partial charge in [-0.2, -0.15) is 0 Å². The molecule has 0 saturated heterocycles. The van der Waals surface area contributed by atoms with Crippen LogP contribution in [0.5, 0.6) is 0 Å². The Hall–Kier alpha value is -1.23. The summed E-state index contributed by atoms with van der Waals surface area (Å²) >= 11 is 3.34. The Balaban J connectivity index is 2.72. The van der Waals surface area contributed by atoms with Gasteiger partial charge in [-0.15, -0.1) is 0 Å². The van der Waals surface area contributed by atoms with Crippen LogP contribution in [-0.2, 0) is 9.53 Å². The summed E-state index contributed by atoms with van der Waals surface area (Å²) in [5, 5.41) is 3.01. The largest absolute Gasteiger partial charge is 0.464 e. The van der Waals surface area contributed by atoms with Crippen molar-refractivity contribution in [3.8, 4) is 0 Å². The molecule has 0 amide bonds. The molecule has 0 saturated carbocycles. The zero-order valence-corrected chi connectivity index (χ0v) is 10.9. The summed E-state index contributed by atoms with van der Waals surface area (Å²) in [6.45, 7) is 3.88. The minimum atomic E-state index is -0.420. The normalized spacial score (nSPS) is 11.9. The first-order chi connectivity index (χ1) is 7.54. The first-order valence-electron chi connectivity index (χ1n) is 5.02. The second kappa shape index (κ2) is 5.75. The Labute approximate surface area is 103 Å². The molecule has 0 aliphatic rings. The van der Waals surface area contributed by atoms with E-state index in [1.54, 1.807) is 19.9 Å². The molecule has 1 unspecified atom stereocenters. The van der Waals surface area contributed by atoms with Gasteiger partial charge in [0.1, 0.15) is 6.04 Å². The van der Waals surface area contributed by atoms with Crippen molar-refractivity contribution in [2.75, 3.05) is 17.7 Å². The maximum atomic E-state index is 11.4. The van der Waals surface area contributed by atoms with Gasteiger partial charge in [0, 0.05) is 4.47 Å². The topological polar surface area (TPSA) is 64.3 Å². The molecule has 4 nitrogen and oxygen atoms in total. The maximum Gasteiger partial charge on any atom is 0.328 e. The lowest BCUT2D eigenvalue weighted by Crippen LogP contribution is -2.28. The number of anilines is 2. The van der Waals surface area contributed by atoms with Crippen LogP contribution in [0.4, 0.5) is 11.4 Å². The lowest BCUT2D eigenvalue weighted by atomic mass is 10.2. The molecular weight excluding hydrogens is 272 g/mol. The molecule has 88 valence electrons. The Morgan fingerprint density at radius 3 is 2.94 bits per heavy atom. The highest BCUT2D eigenvalue weighted by Crippen LogP contribution is 2.23. The second-order valence-corrected chi connectivity index (χ2v) is 4.27. The van der Waals surface area contributed by atoms with Crippen molar-refractivity contribution < 1.29 is 9.53 Å². The summed E-state index contributed by atoms with van der Waals surface area (Å²) < 4.78 is 5.80. The van der Waals surface area contributed by atoms with Crippen LogP contribution in [0.3, 0.4) is 0 Å². The van der Waals surface area contributed by atoms with Crippen LogP contribution in [0.15, 0.2) is 22.7 Å². The Bertz CT molecular complexity index is 382. The van der Waals surface area contributed by atoms with Gasteiger partial charge < -0.3 is 15.8 Å². The Kier molecular flexibility index (Phi) is 4.61. The van der Waals surface area contributed by atoms with E-state index in [9.17, 15) is 4.79 Å². The molecule has 0 aliphatic carbocycles. The number of esters is 1. The average molecular weight is 287 g/mol. The van der Waals surface area contributed by atoms with Crippen molar-refractivity contribution in [3.63, 3.8) is 0 Å². The van der Waals surface area contributed by atoms with Gasteiger partial charge in [-0.3, -0.25) is 0 Å². The van der Waals surface area contributed by atoms with Gasteiger partial charge in [-0.05, 0) is 32.0 Å². The van der Waals surface area contributed by atoms with E-state index >= 15 is 0 Å². The van der Waals surface area contributed by atoms with Gasteiger partial charge in [0.15, 0.2) is 0 Å². The predicted molar refractivity (Wildman–Crippen MR) is 68.3 cm³/mol. The van der Waals surface area contributed by atoms with Gasteiger partial charge in [0.25, 0.3) is 0 Å². The number of ether oxygens (including phenoxy) is 1. The number of benzene rings is 1. The molecule has 0 heterocycles. The highest BCUT2D eigenvalue weighted by molar-refractivity contribution is 9.10. The second-order valence-electron chi connectivity index (χ2n) is 3.35. The minimum Gasteiger partial charge on any atom is -0.464 e. The smallest absolute Gasteiger partial charge is 0.328 e. The number of hydrogen-bond acceptors (Lipinski definition) is 4. The zero-order valence-electron chi connectivity index (χ0n) is 9.29. The molecule has 0 radical (unpaired) electrons. The molecular formula is C11H15BrN2O2. The first-order valence-corrected chi connectivity index (χ1v) is 5.82. The van der Waals surface area contributed by atoms with Gasteiger partial charge in [-0.25, -0.2) is 4.79 Å². The quantitative estimate of drug-likeness (QED) is 0.659. The van der Waals surface area contributed by atoms with Crippen LogP contribution >= 0.6 is 15.9 Å². The minimum absolute atomic E-state index is 0.290. The van der Waals surface area contributed by atoms with Gasteiger partial charge in [-0.1, -0.05) is 15.9 Å². The molecule has 0 aliphatic heterocycles. The number of carbonyl (C=O) groups is 1. The number of nitrogen functional groups attached to an aromatic ring is 1. The van der Waals surface area contributed by atoms with Crippen molar-refractivity contribution in [3.05, 3.63) is 22.7 Å². The van der Waals surface area contributed by atoms with E-state index in [0.717, 1.165) is 10.2 Å². The van der Waals surface area contributed by atoms with Crippen LogP contribution in [0, 0.1) is 0 Å². The van der Waals surface area contributed by atoms with E-state index in [1.807, 2.05) is 12.1 Å². The number of rotatable bonds is 4. The van der Waals surface area contributed by atoms with Gasteiger partial charge in [0.2, 0.25) is 0 Å². The number of nitrogens with one attached hydrogen (secondary N) is 1. The SMILES string of the molecule is CCOC(=O)C(C)Nc1cc(Br)ccc1N. The summed E-state index contributed by atoms with van der Waals surface area (Å²) in [6.07, 6.45) is 0. The Morgan fingerprint density at radius 1 is 1.62 bits per heavy atom. The highest BCUT2D eigenvalue weighted by atomic mass is 79.9. The van der Waals surface area contributed by atoms with Crippen LogP contribution in [0.1, 0.15) is 13.8 Å². The van der Waals surface area contributed by atoms with E-state index in [-0.39, 0.29) is 5.97 Å². The summed E-state index contributed by atoms with van der Waals surface area (Å²) in [4.78, 5) is 11.4. The highest BCUT2D eigenvalue weighted by Gasteiger charge is 2.14. The molecule has 1 aromatic carbocycles. The summed E-state index contributed by atoms with van der Waals surface area (Å²) in [5.41, 5.74) is 7.09. The molecule has 1 rings (SSSR count). The van der Waals surface area contributed by atoms with Gasteiger partial charge in [0.05, 0.1) is 18.0 Å². The van der Waals surface area contributed by atoms with Crippen molar-refractivity contribution in [2.24, 2.45) is 0 Å². The third-order valence-electron chi connectivity index (χ3n) is 2.03.